The topological polar surface area (TPSA) is 251 Å². The second-order valence-corrected chi connectivity index (χ2v) is 18.6. The number of benzene rings is 2. The van der Waals surface area contributed by atoms with Crippen LogP contribution in [0.25, 0.3) is 0 Å². The van der Waals surface area contributed by atoms with Crippen LogP contribution in [0.2, 0.25) is 0 Å². The van der Waals surface area contributed by atoms with Crippen LogP contribution in [0.1, 0.15) is 52.7 Å². The number of anilines is 1. The van der Waals surface area contributed by atoms with Crippen LogP contribution in [0.5, 0.6) is 0 Å². The number of halogens is 8. The van der Waals surface area contributed by atoms with Crippen LogP contribution in [0.3, 0.4) is 0 Å². The van der Waals surface area contributed by atoms with Gasteiger partial charge in [-0.25, -0.2) is 17.9 Å². The highest BCUT2D eigenvalue weighted by Crippen LogP contribution is 2.49. The van der Waals surface area contributed by atoms with Crippen molar-refractivity contribution in [2.45, 2.75) is 86.6 Å². The monoisotopic (exact) mass is 1070 g/mol. The maximum absolute atomic E-state index is 14.2. The number of alkyl halides is 8. The first-order valence-electron chi connectivity index (χ1n) is 21.2. The Hall–Kier alpha value is -5.53. The first-order chi connectivity index (χ1) is 33.3. The van der Waals surface area contributed by atoms with Crippen LogP contribution >= 0.6 is 12.0 Å². The van der Waals surface area contributed by atoms with E-state index in [-0.39, 0.29) is 18.1 Å². The Kier molecular flexibility index (Phi) is 19.0. The molecule has 29 heteroatoms. The third kappa shape index (κ3) is 13.7. The minimum atomic E-state index is -6.58. The van der Waals surface area contributed by atoms with Crippen molar-refractivity contribution < 1.29 is 106 Å². The van der Waals surface area contributed by atoms with Gasteiger partial charge >= 0.3 is 36.2 Å². The third-order valence-electron chi connectivity index (χ3n) is 11.0. The van der Waals surface area contributed by atoms with Gasteiger partial charge in [-0.3, -0.25) is 19.4 Å². The molecule has 0 aromatic heterocycles. The zero-order chi connectivity index (χ0) is 54.3. The Morgan fingerprint density at radius 2 is 1.44 bits per heavy atom. The van der Waals surface area contributed by atoms with Crippen molar-refractivity contribution in [2.24, 2.45) is 0 Å². The first kappa shape index (κ1) is 59.0. The highest BCUT2D eigenvalue weighted by Gasteiger charge is 2.70. The van der Waals surface area contributed by atoms with Gasteiger partial charge in [0.25, 0.3) is 5.91 Å². The largest absolute Gasteiger partial charge is 0.744 e. The number of likely N-dealkylation sites (N-methyl/N-ethyl adjacent to an activating group) is 1. The number of carbonyl (C=O) groups excluding carboxylic acids is 4. The minimum absolute atomic E-state index is 0.229. The second kappa shape index (κ2) is 23.1. The Morgan fingerprint density at radius 1 is 0.833 bits per heavy atom. The van der Waals surface area contributed by atoms with E-state index in [1.807, 2.05) is 13.8 Å². The minimum Gasteiger partial charge on any atom is -0.744 e. The zero-order valence-electron chi connectivity index (χ0n) is 38.9. The number of carboxylic acid groups (broad SMARTS) is 1. The molecule has 2 aliphatic rings. The number of hydrogen-bond acceptors (Lipinski definition) is 16. The maximum atomic E-state index is 14.2. The van der Waals surface area contributed by atoms with E-state index in [0.717, 1.165) is 19.9 Å². The number of rotatable bonds is 26. The predicted octanol–water partition coefficient (Wildman–Crippen LogP) is 3.26. The molecule has 2 aromatic rings. The molecule has 0 aliphatic carbocycles. The number of allylic oxidation sites excluding steroid dienone is 6. The van der Waals surface area contributed by atoms with Gasteiger partial charge in [-0.1, -0.05) is 32.1 Å². The molecule has 0 spiro atoms. The van der Waals surface area contributed by atoms with Crippen molar-refractivity contribution in [1.29, 1.82) is 0 Å². The molecule has 2 aromatic carbocycles. The van der Waals surface area contributed by atoms with E-state index in [1.165, 1.54) is 22.0 Å². The average Bonchev–Trinajstić information content (AvgIpc) is 3.60. The molecule has 0 saturated heterocycles. The number of nitrogens with one attached hydrogen (secondary N) is 2. The predicted molar refractivity (Wildman–Crippen MR) is 230 cm³/mol. The van der Waals surface area contributed by atoms with Gasteiger partial charge in [0.05, 0.1) is 48.1 Å². The molecule has 0 unspecified atom stereocenters. The molecule has 2 aliphatic heterocycles. The molecular formula is C43H47F8N5O14S2-2. The van der Waals surface area contributed by atoms with Crippen LogP contribution in [0.4, 0.5) is 46.5 Å². The number of carbonyl (C=O) groups is 4. The van der Waals surface area contributed by atoms with Crippen molar-refractivity contribution in [2.75, 3.05) is 57.4 Å². The second-order valence-electron chi connectivity index (χ2n) is 16.5. The summed E-state index contributed by atoms with van der Waals surface area (Å²) in [6.07, 6.45) is -16.4. The summed E-state index contributed by atoms with van der Waals surface area (Å²) in [4.78, 5) is 50.4. The van der Waals surface area contributed by atoms with E-state index < -0.39 is 113 Å². The Balaban J connectivity index is 1.41. The van der Waals surface area contributed by atoms with Gasteiger partial charge < -0.3 is 44.9 Å². The lowest BCUT2D eigenvalue weighted by molar-refractivity contribution is -0.777. The van der Waals surface area contributed by atoms with E-state index >= 15 is 0 Å². The standard InChI is InChI=1S/C43H49F8N5O14S2/c1-7-54(8-2)37(61)41(46,47)68-43(50,51)42(48,49)67-40(44,45)36(60)53-19-21-66-20-18-52-34(57)24-55-31-17-15-27(72(63,64)65)23-29(31)39(5,6)32(55)12-10-9-11-13-33-38(3,4)28-22-26(71-70-69-62)14-16-30(28)56(33)25-35(58)59/h9-17,22-23H,7-8,18-21,24-25H2,1-6H3,(H4-,52,53,57,58,59,60,62,63,64,65)/p-2. The number of ether oxygens (including phenoxy) is 3. The molecule has 19 nitrogen and oxygen atoms in total. The van der Waals surface area contributed by atoms with Crippen molar-refractivity contribution in [3.8, 4) is 0 Å². The van der Waals surface area contributed by atoms with Gasteiger partial charge in [-0.2, -0.15) is 44.0 Å². The van der Waals surface area contributed by atoms with Crippen LogP contribution in [0.15, 0.2) is 82.3 Å². The molecule has 2 N–H and O–H groups in total. The van der Waals surface area contributed by atoms with Gasteiger partial charge in [-0.05, 0) is 69.7 Å². The van der Waals surface area contributed by atoms with E-state index in [0.29, 0.717) is 50.8 Å². The molecular weight excluding hydrogens is 1030 g/mol. The SMILES string of the molecule is CCN(CC)C(=O)C(F)(F)OC(F)(F)C(F)(F)OC(F)(F)C(=O)NCCOCCNC(=O)C[N+]1=C(/C=C/C=C/C=C2/N(CC(=O)[O-])c3ccc(SOO[O-])cc3C2(C)C)C(C)(C)c2cc(S(=O)(=O)[O-])ccc21. The fourth-order valence-electron chi connectivity index (χ4n) is 7.53. The van der Waals surface area contributed by atoms with Crippen LogP contribution in [-0.2, 0) is 63.7 Å². The number of hydrogen-bond donors (Lipinski definition) is 2. The number of carboxylic acids is 1. The highest BCUT2D eigenvalue weighted by atomic mass is 32.2. The Bertz CT molecular complexity index is 2610. The number of aliphatic carboxylic acids is 1. The molecule has 4 rings (SSSR count). The summed E-state index contributed by atoms with van der Waals surface area (Å²) in [5.41, 5.74) is 1.17. The summed E-state index contributed by atoms with van der Waals surface area (Å²) in [6, 6.07) is 8.55. The van der Waals surface area contributed by atoms with E-state index in [2.05, 4.69) is 24.2 Å². The molecule has 0 atom stereocenters. The molecule has 0 radical (unpaired) electrons. The van der Waals surface area contributed by atoms with Crippen LogP contribution in [-0.4, -0.2) is 129 Å². The fourth-order valence-corrected chi connectivity index (χ4v) is 8.42. The van der Waals surface area contributed by atoms with Gasteiger partial charge in [0, 0.05) is 65.6 Å². The lowest BCUT2D eigenvalue weighted by Gasteiger charge is -2.31. The normalized spacial score (nSPS) is 16.4. The average molecular weight is 1070 g/mol. The highest BCUT2D eigenvalue weighted by molar-refractivity contribution is 7.94. The Labute approximate surface area is 410 Å². The molecule has 398 valence electrons. The van der Waals surface area contributed by atoms with Crippen LogP contribution in [0, 0.1) is 0 Å². The summed E-state index contributed by atoms with van der Waals surface area (Å²) in [5, 5.41) is 29.5. The number of amides is 3. The molecule has 2 heterocycles. The Morgan fingerprint density at radius 3 is 2.03 bits per heavy atom. The third-order valence-corrected chi connectivity index (χ3v) is 12.4. The van der Waals surface area contributed by atoms with Gasteiger partial charge in [0.15, 0.2) is 5.71 Å². The summed E-state index contributed by atoms with van der Waals surface area (Å²) in [6.45, 7) is 5.38. The summed E-state index contributed by atoms with van der Waals surface area (Å²) >= 11 is 0.658. The molecule has 0 saturated carbocycles. The fraction of sp³-hybridized carbons (Fsp3) is 0.465. The summed E-state index contributed by atoms with van der Waals surface area (Å²) in [7, 11) is -4.91. The summed E-state index contributed by atoms with van der Waals surface area (Å²) < 4.78 is 165. The van der Waals surface area contributed by atoms with E-state index in [1.54, 1.807) is 67.3 Å². The number of fused-ring (bicyclic) bond motifs is 2. The number of nitrogens with zero attached hydrogens (tertiary/aromatic N) is 3. The van der Waals surface area contributed by atoms with Crippen LogP contribution < -0.4 is 25.9 Å². The lowest BCUT2D eigenvalue weighted by atomic mass is 9.81. The van der Waals surface area contributed by atoms with Gasteiger partial charge in [0.2, 0.25) is 12.2 Å². The van der Waals surface area contributed by atoms with Gasteiger partial charge in [-0.15, -0.1) is 0 Å². The van der Waals surface area contributed by atoms with E-state index in [9.17, 15) is 77.6 Å². The van der Waals surface area contributed by atoms with Crippen molar-refractivity contribution in [3.05, 3.63) is 83.6 Å². The smallest absolute Gasteiger partial charge is 0.453 e. The molecule has 72 heavy (non-hydrogen) atoms. The molecule has 0 fully saturated rings. The quantitative estimate of drug-likeness (QED) is 0.0201. The summed E-state index contributed by atoms with van der Waals surface area (Å²) in [5.74, 6) is -7.21. The first-order valence-corrected chi connectivity index (χ1v) is 23.3. The maximum Gasteiger partial charge on any atom is 0.453 e. The van der Waals surface area contributed by atoms with Crippen molar-refractivity contribution >= 4 is 62.9 Å². The van der Waals surface area contributed by atoms with Crippen molar-refractivity contribution in [1.82, 2.24) is 15.5 Å². The zero-order valence-corrected chi connectivity index (χ0v) is 40.5. The van der Waals surface area contributed by atoms with E-state index in [4.69, 9.17) is 4.74 Å². The molecule has 0 bridgehead atoms. The van der Waals surface area contributed by atoms with Crippen molar-refractivity contribution in [3.63, 3.8) is 0 Å². The lowest BCUT2D eigenvalue weighted by Crippen LogP contribution is -2.57. The molecule has 3 amide bonds. The van der Waals surface area contributed by atoms with Gasteiger partial charge in [0.1, 0.15) is 10.1 Å².